The lowest BCUT2D eigenvalue weighted by Crippen LogP contribution is -2.27. The Kier molecular flexibility index (Phi) is 25.3. The number of anilines is 3. The smallest absolute Gasteiger partial charge is 0.0543 e. The normalized spacial score (nSPS) is 11.7. The molecule has 0 N–H and O–H groups in total. The second kappa shape index (κ2) is 33.2. The first-order valence-corrected chi connectivity index (χ1v) is 36.2. The number of benzene rings is 11. The molecule has 0 atom stereocenters. The Morgan fingerprint density at radius 3 is 1.46 bits per heavy atom. The van der Waals surface area contributed by atoms with E-state index in [1.807, 2.05) is 52.9 Å². The summed E-state index contributed by atoms with van der Waals surface area (Å²) >= 11 is 1.87. The molecule has 94 heavy (non-hydrogen) atoms. The van der Waals surface area contributed by atoms with Gasteiger partial charge in [-0.3, -0.25) is 0 Å². The van der Waals surface area contributed by atoms with Gasteiger partial charge < -0.3 is 4.90 Å². The minimum absolute atomic E-state index is 0.0847. The van der Waals surface area contributed by atoms with E-state index in [1.165, 1.54) is 167 Å². The zero-order valence-corrected chi connectivity index (χ0v) is 61.4. The molecule has 0 saturated heterocycles. The second-order valence-electron chi connectivity index (χ2n) is 26.1. The number of rotatable bonds is 14. The predicted octanol–water partition coefficient (Wildman–Crippen LogP) is 28.7. The van der Waals surface area contributed by atoms with Crippen molar-refractivity contribution in [2.24, 2.45) is 11.8 Å². The quantitative estimate of drug-likeness (QED) is 0.105. The van der Waals surface area contributed by atoms with Gasteiger partial charge in [-0.15, -0.1) is 11.3 Å². The van der Waals surface area contributed by atoms with Crippen molar-refractivity contribution in [1.29, 1.82) is 0 Å². The lowest BCUT2D eigenvalue weighted by atomic mass is 9.69. The van der Waals surface area contributed by atoms with Crippen molar-refractivity contribution >= 4 is 59.3 Å². The average molecular weight is 1260 g/mol. The number of hydrogen-bond donors (Lipinski definition) is 0. The van der Waals surface area contributed by atoms with Gasteiger partial charge in [0.1, 0.15) is 0 Å². The Morgan fingerprint density at radius 1 is 0.351 bits per heavy atom. The van der Waals surface area contributed by atoms with Crippen molar-refractivity contribution in [2.45, 2.75) is 175 Å². The van der Waals surface area contributed by atoms with E-state index < -0.39 is 0 Å². The summed E-state index contributed by atoms with van der Waals surface area (Å²) in [5.74, 6) is 1.23. The molecule has 0 fully saturated rings. The molecule has 0 spiro atoms. The fraction of sp³-hybridized carbons (Fsp3) is 0.304. The van der Waals surface area contributed by atoms with Crippen LogP contribution in [-0.4, -0.2) is 0 Å². The van der Waals surface area contributed by atoms with Gasteiger partial charge in [-0.1, -0.05) is 270 Å². The number of nitrogens with zero attached hydrogens (tertiary/aromatic N) is 1. The number of thiophene rings is 1. The van der Waals surface area contributed by atoms with Crippen LogP contribution in [0.1, 0.15) is 169 Å². The van der Waals surface area contributed by atoms with Gasteiger partial charge >= 0.3 is 0 Å². The van der Waals surface area contributed by atoms with Gasteiger partial charge in [-0.2, -0.15) is 0 Å². The first kappa shape index (κ1) is 71.5. The second-order valence-corrected chi connectivity index (χ2v) is 27.1. The molecule has 1 heterocycles. The largest absolute Gasteiger partial charge is 0.309 e. The van der Waals surface area contributed by atoms with Gasteiger partial charge in [0.05, 0.1) is 11.4 Å². The van der Waals surface area contributed by atoms with Crippen LogP contribution in [0.3, 0.4) is 0 Å². The molecular weight excluding hydrogens is 1150 g/mol. The highest BCUT2D eigenvalue weighted by atomic mass is 32.1. The molecule has 0 amide bonds. The van der Waals surface area contributed by atoms with Gasteiger partial charge in [-0.05, 0) is 236 Å². The molecule has 12 aromatic rings. The van der Waals surface area contributed by atoms with Crippen molar-refractivity contribution in [3.05, 3.63) is 280 Å². The van der Waals surface area contributed by atoms with Crippen LogP contribution in [0, 0.1) is 67.2 Å². The van der Waals surface area contributed by atoms with E-state index in [2.05, 4.69) is 313 Å². The first-order valence-electron chi connectivity index (χ1n) is 35.4. The molecule has 1 aliphatic rings. The van der Waals surface area contributed by atoms with Crippen LogP contribution in [0.4, 0.5) is 17.1 Å². The fourth-order valence-electron chi connectivity index (χ4n) is 14.1. The van der Waals surface area contributed by atoms with Gasteiger partial charge in [-0.25, -0.2) is 0 Å². The third-order valence-electron chi connectivity index (χ3n) is 18.7. The molecule has 1 nitrogen and oxygen atoms in total. The molecule has 13 rings (SSSR count). The molecule has 1 aromatic heterocycles. The van der Waals surface area contributed by atoms with Crippen LogP contribution in [0.25, 0.3) is 75.5 Å². The summed E-state index contributed by atoms with van der Waals surface area (Å²) in [6, 6.07) is 81.6. The molecular formula is C92H107NS. The summed E-state index contributed by atoms with van der Waals surface area (Å²) in [5, 5.41) is 5.41. The van der Waals surface area contributed by atoms with Gasteiger partial charge in [0, 0.05) is 42.2 Å². The van der Waals surface area contributed by atoms with Crippen molar-refractivity contribution in [3.8, 4) is 44.5 Å². The van der Waals surface area contributed by atoms with E-state index in [0.29, 0.717) is 11.8 Å². The molecule has 486 valence electrons. The fourth-order valence-corrected chi connectivity index (χ4v) is 15.1. The van der Waals surface area contributed by atoms with E-state index in [1.54, 1.807) is 0 Å². The Balaban J connectivity index is 0.000000260. The minimum atomic E-state index is -0.0847. The van der Waals surface area contributed by atoms with E-state index in [0.717, 1.165) is 25.7 Å². The summed E-state index contributed by atoms with van der Waals surface area (Å²) < 4.78 is 2.77. The molecule has 0 unspecified atom stereocenters. The van der Waals surface area contributed by atoms with Gasteiger partial charge in [0.2, 0.25) is 0 Å². The maximum absolute atomic E-state index is 2.65. The molecule has 2 heteroatoms. The number of fused-ring (bicyclic) bond motifs is 8. The Hall–Kier alpha value is -8.30. The molecule has 0 bridgehead atoms. The van der Waals surface area contributed by atoms with E-state index in [9.17, 15) is 0 Å². The van der Waals surface area contributed by atoms with Gasteiger partial charge in [0.25, 0.3) is 0 Å². The lowest BCUT2D eigenvalue weighted by molar-refractivity contribution is 0.364. The summed E-state index contributed by atoms with van der Waals surface area (Å²) in [7, 11) is 0. The predicted molar refractivity (Wildman–Crippen MR) is 421 cm³/mol. The van der Waals surface area contributed by atoms with Crippen molar-refractivity contribution in [3.63, 3.8) is 0 Å². The average Bonchev–Trinajstić information content (AvgIpc) is 1.52. The van der Waals surface area contributed by atoms with E-state index >= 15 is 0 Å². The standard InChI is InChI=1S/C58H63N.C15H16.C13H10S.3C2H6/c1-10-18-44-21-12-14-23-47(44)51-36-45(29-28-42(51)8)59(54-26-17-20-43(9)56(54)46-22-13-11-19-41(46)7)55-37-53-57(49-25-16-15-24-48(49)55)50-30-27-40(6)35-52(50)58(53,33-31-38(2)3)34-32-39(4)5;1-11-7-4-5-10-14(11)15-12(2)8-6-9-13(15)3;1-9-6-7-13-11(8-9)10-4-2-3-5-12(10)14-13;3*1-2/h11-17,19-30,35-39H,10,18,31-34H2,1-9H3;4-10H,1-3H3;2-8H,1H3;3*1-2H3. The minimum Gasteiger partial charge on any atom is -0.309 e. The third-order valence-corrected chi connectivity index (χ3v) is 19.8. The Labute approximate surface area is 572 Å². The van der Waals surface area contributed by atoms with Crippen LogP contribution < -0.4 is 4.90 Å². The third kappa shape index (κ3) is 15.4. The summed E-state index contributed by atoms with van der Waals surface area (Å²) in [6.07, 6.45) is 6.82. The lowest BCUT2D eigenvalue weighted by Gasteiger charge is -2.36. The molecule has 11 aromatic carbocycles. The SMILES string of the molecule is CC.CC.CC.CCCc1ccccc1-c1cc(N(c2cccc(C)c2-c2ccccc2C)c2cc3c(c4ccccc24)-c2ccc(C)cc2C3(CCC(C)C)CCC(C)C)ccc1C.Cc1ccc2sc3ccccc3c2c1.Cc1ccccc1-c1c(C)cccc1C. The zero-order chi connectivity index (χ0) is 67.8. The summed E-state index contributed by atoms with van der Waals surface area (Å²) in [5.41, 5.74) is 29.4. The topological polar surface area (TPSA) is 3.24 Å². The Bertz CT molecular complexity index is 4440. The molecule has 0 saturated carbocycles. The molecule has 0 radical (unpaired) electrons. The van der Waals surface area contributed by atoms with Crippen molar-refractivity contribution < 1.29 is 0 Å². The van der Waals surface area contributed by atoms with Crippen LogP contribution in [0.5, 0.6) is 0 Å². The zero-order valence-electron chi connectivity index (χ0n) is 60.5. The molecule has 0 aliphatic heterocycles. The maximum atomic E-state index is 2.65. The van der Waals surface area contributed by atoms with E-state index in [-0.39, 0.29) is 5.41 Å². The maximum Gasteiger partial charge on any atom is 0.0543 e. The highest BCUT2D eigenvalue weighted by Gasteiger charge is 2.44. The summed E-state index contributed by atoms with van der Waals surface area (Å²) in [4.78, 5) is 2.63. The Morgan fingerprint density at radius 2 is 0.840 bits per heavy atom. The van der Waals surface area contributed by atoms with Gasteiger partial charge in [0.15, 0.2) is 0 Å². The van der Waals surface area contributed by atoms with E-state index in [4.69, 9.17) is 0 Å². The monoisotopic (exact) mass is 1260 g/mol. The van der Waals surface area contributed by atoms with Crippen molar-refractivity contribution in [1.82, 2.24) is 0 Å². The van der Waals surface area contributed by atoms with Crippen LogP contribution >= 0.6 is 11.3 Å². The highest BCUT2D eigenvalue weighted by Crippen LogP contribution is 2.59. The number of hydrogen-bond acceptors (Lipinski definition) is 2. The first-order chi connectivity index (χ1) is 45.6. The van der Waals surface area contributed by atoms with Crippen LogP contribution in [0.15, 0.2) is 218 Å². The van der Waals surface area contributed by atoms with Crippen LogP contribution in [-0.2, 0) is 11.8 Å². The number of aryl methyl sites for hydroxylation is 9. The van der Waals surface area contributed by atoms with Crippen molar-refractivity contribution in [2.75, 3.05) is 4.90 Å². The summed E-state index contributed by atoms with van der Waals surface area (Å²) in [6.45, 7) is 41.6. The van der Waals surface area contributed by atoms with Crippen LogP contribution in [0.2, 0.25) is 0 Å². The molecule has 1 aliphatic carbocycles. The highest BCUT2D eigenvalue weighted by molar-refractivity contribution is 7.25.